The highest BCUT2D eigenvalue weighted by Crippen LogP contribution is 2.07. The number of rotatable bonds is 4. The Balaban J connectivity index is 1.88. The van der Waals surface area contributed by atoms with Gasteiger partial charge < -0.3 is 10.6 Å². The Bertz CT molecular complexity index is 498. The number of carbonyl (C=O) groups is 1. The third kappa shape index (κ3) is 3.10. The molecule has 1 aromatic rings. The first-order valence-corrected chi connectivity index (χ1v) is 5.89. The van der Waals surface area contributed by atoms with Crippen LogP contribution in [0.2, 0.25) is 0 Å². The van der Waals surface area contributed by atoms with Gasteiger partial charge in [0.05, 0.1) is 0 Å². The highest BCUT2D eigenvalue weighted by molar-refractivity contribution is 5.93. The molecule has 18 heavy (non-hydrogen) atoms. The van der Waals surface area contributed by atoms with Gasteiger partial charge in [-0.1, -0.05) is 43.0 Å². The van der Waals surface area contributed by atoms with Crippen molar-refractivity contribution in [3.8, 4) is 0 Å². The lowest BCUT2D eigenvalue weighted by atomic mass is 10.1. The summed E-state index contributed by atoms with van der Waals surface area (Å²) in [7, 11) is 0. The zero-order valence-corrected chi connectivity index (χ0v) is 10.1. The first-order valence-electron chi connectivity index (χ1n) is 5.89. The first-order chi connectivity index (χ1) is 8.79. The molecule has 0 aliphatic carbocycles. The van der Waals surface area contributed by atoms with Crippen molar-refractivity contribution in [2.45, 2.75) is 13.0 Å². The molecule has 1 amide bonds. The minimum Gasteiger partial charge on any atom is -0.367 e. The SMILES string of the molecule is C=Cc1ccc(CNC(=O)C2=CNC=CC2)cc1. The van der Waals surface area contributed by atoms with Gasteiger partial charge in [0.2, 0.25) is 5.91 Å². The fourth-order valence-corrected chi connectivity index (χ4v) is 1.69. The van der Waals surface area contributed by atoms with Crippen LogP contribution in [0.25, 0.3) is 6.08 Å². The average molecular weight is 240 g/mol. The van der Waals surface area contributed by atoms with Crippen LogP contribution in [0.15, 0.2) is 54.9 Å². The predicted molar refractivity (Wildman–Crippen MR) is 73.4 cm³/mol. The number of dihydropyridines is 1. The zero-order valence-electron chi connectivity index (χ0n) is 10.1. The van der Waals surface area contributed by atoms with Crippen LogP contribution in [-0.4, -0.2) is 5.91 Å². The lowest BCUT2D eigenvalue weighted by Gasteiger charge is -2.10. The van der Waals surface area contributed by atoms with E-state index in [2.05, 4.69) is 17.2 Å². The van der Waals surface area contributed by atoms with Gasteiger partial charge in [-0.05, 0) is 23.7 Å². The molecule has 1 aromatic carbocycles. The average Bonchev–Trinajstić information content (AvgIpc) is 2.46. The maximum absolute atomic E-state index is 11.8. The van der Waals surface area contributed by atoms with Gasteiger partial charge >= 0.3 is 0 Å². The minimum atomic E-state index is -0.0281. The molecule has 2 rings (SSSR count). The van der Waals surface area contributed by atoms with Crippen molar-refractivity contribution in [3.63, 3.8) is 0 Å². The fourth-order valence-electron chi connectivity index (χ4n) is 1.69. The van der Waals surface area contributed by atoms with Gasteiger partial charge in [0, 0.05) is 18.3 Å². The van der Waals surface area contributed by atoms with Crippen LogP contribution >= 0.6 is 0 Å². The van der Waals surface area contributed by atoms with Crippen LogP contribution in [0.3, 0.4) is 0 Å². The molecule has 2 N–H and O–H groups in total. The Kier molecular flexibility index (Phi) is 3.97. The molecule has 1 aliphatic heterocycles. The standard InChI is InChI=1S/C15H16N2O/c1-2-12-5-7-13(8-6-12)10-17-15(18)14-4-3-9-16-11-14/h2-3,5-9,11,16H,1,4,10H2,(H,17,18). The number of carbonyl (C=O) groups excluding carboxylic acids is 1. The van der Waals surface area contributed by atoms with Crippen LogP contribution in [0, 0.1) is 0 Å². The van der Waals surface area contributed by atoms with Gasteiger partial charge in [0.25, 0.3) is 0 Å². The molecule has 0 saturated heterocycles. The molecule has 0 spiro atoms. The summed E-state index contributed by atoms with van der Waals surface area (Å²) in [4.78, 5) is 11.8. The Morgan fingerprint density at radius 3 is 2.78 bits per heavy atom. The Morgan fingerprint density at radius 1 is 1.39 bits per heavy atom. The van der Waals surface area contributed by atoms with E-state index < -0.39 is 0 Å². The summed E-state index contributed by atoms with van der Waals surface area (Å²) < 4.78 is 0. The van der Waals surface area contributed by atoms with Gasteiger partial charge in [0.15, 0.2) is 0 Å². The van der Waals surface area contributed by atoms with Gasteiger partial charge in [-0.2, -0.15) is 0 Å². The molecule has 3 heteroatoms. The Morgan fingerprint density at radius 2 is 2.17 bits per heavy atom. The van der Waals surface area contributed by atoms with Gasteiger partial charge in [0.1, 0.15) is 0 Å². The molecule has 0 radical (unpaired) electrons. The van der Waals surface area contributed by atoms with E-state index in [1.165, 1.54) is 0 Å². The van der Waals surface area contributed by atoms with Crippen molar-refractivity contribution in [2.24, 2.45) is 0 Å². The van der Waals surface area contributed by atoms with E-state index in [9.17, 15) is 4.79 Å². The van der Waals surface area contributed by atoms with Crippen molar-refractivity contribution < 1.29 is 4.79 Å². The molecular formula is C15H16N2O. The second-order valence-corrected chi connectivity index (χ2v) is 4.07. The molecule has 0 fully saturated rings. The van der Waals surface area contributed by atoms with Crippen molar-refractivity contribution in [1.82, 2.24) is 10.6 Å². The first kappa shape index (κ1) is 12.2. The van der Waals surface area contributed by atoms with E-state index in [0.717, 1.165) is 16.7 Å². The maximum atomic E-state index is 11.8. The second kappa shape index (κ2) is 5.87. The normalized spacial score (nSPS) is 13.4. The van der Waals surface area contributed by atoms with Crippen LogP contribution in [0.1, 0.15) is 17.5 Å². The van der Waals surface area contributed by atoms with E-state index in [1.807, 2.05) is 36.5 Å². The van der Waals surface area contributed by atoms with Gasteiger partial charge in [-0.15, -0.1) is 0 Å². The molecule has 3 nitrogen and oxygen atoms in total. The van der Waals surface area contributed by atoms with E-state index in [-0.39, 0.29) is 5.91 Å². The quantitative estimate of drug-likeness (QED) is 0.848. The third-order valence-electron chi connectivity index (χ3n) is 2.77. The van der Waals surface area contributed by atoms with Crippen LogP contribution in [-0.2, 0) is 11.3 Å². The monoisotopic (exact) mass is 240 g/mol. The predicted octanol–water partition coefficient (Wildman–Crippen LogP) is 2.34. The fraction of sp³-hybridized carbons (Fsp3) is 0.133. The summed E-state index contributed by atoms with van der Waals surface area (Å²) in [5.41, 5.74) is 2.91. The van der Waals surface area contributed by atoms with Crippen molar-refractivity contribution in [1.29, 1.82) is 0 Å². The molecule has 92 valence electrons. The summed E-state index contributed by atoms with van der Waals surface area (Å²) in [6.45, 7) is 4.24. The molecular weight excluding hydrogens is 224 g/mol. The van der Waals surface area contributed by atoms with Crippen molar-refractivity contribution in [3.05, 3.63) is 66.0 Å². The second-order valence-electron chi connectivity index (χ2n) is 4.07. The van der Waals surface area contributed by atoms with Crippen molar-refractivity contribution >= 4 is 12.0 Å². The van der Waals surface area contributed by atoms with Gasteiger partial charge in [-0.3, -0.25) is 4.79 Å². The van der Waals surface area contributed by atoms with E-state index in [1.54, 1.807) is 12.3 Å². The van der Waals surface area contributed by atoms with E-state index in [0.29, 0.717) is 13.0 Å². The number of benzene rings is 1. The minimum absolute atomic E-state index is 0.0281. The molecule has 0 atom stereocenters. The Hall–Kier alpha value is -2.29. The Labute approximate surface area is 107 Å². The number of hydrogen-bond donors (Lipinski definition) is 2. The smallest absolute Gasteiger partial charge is 0.249 e. The topological polar surface area (TPSA) is 41.1 Å². The van der Waals surface area contributed by atoms with Crippen LogP contribution in [0.5, 0.6) is 0 Å². The largest absolute Gasteiger partial charge is 0.367 e. The number of allylic oxidation sites excluding steroid dienone is 1. The molecule has 0 saturated carbocycles. The van der Waals surface area contributed by atoms with Crippen molar-refractivity contribution in [2.75, 3.05) is 0 Å². The molecule has 1 heterocycles. The van der Waals surface area contributed by atoms with E-state index >= 15 is 0 Å². The zero-order chi connectivity index (χ0) is 12.8. The number of hydrogen-bond acceptors (Lipinski definition) is 2. The molecule has 0 bridgehead atoms. The lowest BCUT2D eigenvalue weighted by molar-refractivity contribution is -0.117. The number of nitrogens with one attached hydrogen (secondary N) is 2. The van der Waals surface area contributed by atoms with Crippen LogP contribution < -0.4 is 10.6 Å². The summed E-state index contributed by atoms with van der Waals surface area (Å²) in [6, 6.07) is 7.95. The summed E-state index contributed by atoms with van der Waals surface area (Å²) in [6.07, 6.45) is 7.95. The maximum Gasteiger partial charge on any atom is 0.249 e. The highest BCUT2D eigenvalue weighted by atomic mass is 16.1. The third-order valence-corrected chi connectivity index (χ3v) is 2.77. The summed E-state index contributed by atoms with van der Waals surface area (Å²) in [5.74, 6) is -0.0281. The highest BCUT2D eigenvalue weighted by Gasteiger charge is 2.08. The van der Waals surface area contributed by atoms with Gasteiger partial charge in [-0.25, -0.2) is 0 Å². The molecule has 0 aromatic heterocycles. The number of amides is 1. The summed E-state index contributed by atoms with van der Waals surface area (Å²) >= 11 is 0. The van der Waals surface area contributed by atoms with E-state index in [4.69, 9.17) is 0 Å². The summed E-state index contributed by atoms with van der Waals surface area (Å²) in [5, 5.41) is 5.81. The lowest BCUT2D eigenvalue weighted by Crippen LogP contribution is -2.26. The molecule has 0 unspecified atom stereocenters. The molecule has 1 aliphatic rings. The van der Waals surface area contributed by atoms with Crippen LogP contribution in [0.4, 0.5) is 0 Å².